The zero-order valence-corrected chi connectivity index (χ0v) is 19.9. The molecule has 2 rings (SSSR count). The van der Waals surface area contributed by atoms with Crippen LogP contribution in [-0.4, -0.2) is 36.1 Å². The van der Waals surface area contributed by atoms with Crippen LogP contribution in [-0.2, 0) is 25.7 Å². The number of pyridine rings is 2. The molecule has 0 bridgehead atoms. The largest absolute Gasteiger partial charge is 0.330 e. The smallest absolute Gasteiger partial charge is 0.0433 e. The van der Waals surface area contributed by atoms with Gasteiger partial charge in [0.1, 0.15) is 0 Å². The predicted molar refractivity (Wildman–Crippen MR) is 131 cm³/mol. The average molecular weight is 447 g/mol. The minimum absolute atomic E-state index is 0.733. The predicted octanol–water partition coefficient (Wildman–Crippen LogP) is 4.46. The van der Waals surface area contributed by atoms with Crippen molar-refractivity contribution in [3.8, 4) is 0 Å². The minimum Gasteiger partial charge on any atom is -0.330 e. The number of nitrogens with two attached hydrogens (primary N) is 2. The van der Waals surface area contributed by atoms with E-state index in [2.05, 4.69) is 61.8 Å². The van der Waals surface area contributed by atoms with Crippen molar-refractivity contribution in [2.45, 2.75) is 51.4 Å². The van der Waals surface area contributed by atoms with Crippen LogP contribution < -0.4 is 11.5 Å². The van der Waals surface area contributed by atoms with E-state index in [0.717, 1.165) is 88.9 Å². The molecule has 164 valence electrons. The van der Waals surface area contributed by atoms with E-state index in [9.17, 15) is 0 Å². The van der Waals surface area contributed by atoms with E-state index in [1.807, 2.05) is 12.4 Å². The molecule has 0 atom stereocenters. The molecule has 0 fully saturated rings. The number of hydrogen-bond donors (Lipinski definition) is 2. The Morgan fingerprint density at radius 3 is 1.50 bits per heavy atom. The molecule has 0 amide bonds. The fraction of sp³-hybridized carbons (Fsp3) is 0.545. The molecule has 0 aliphatic rings. The van der Waals surface area contributed by atoms with Gasteiger partial charge in [0, 0.05) is 36.9 Å². The van der Waals surface area contributed by atoms with Crippen molar-refractivity contribution in [1.82, 2.24) is 9.97 Å². The van der Waals surface area contributed by atoms with Crippen LogP contribution in [0.4, 0.5) is 0 Å². The number of nitrogens with zero attached hydrogens (tertiary/aromatic N) is 4. The molecule has 0 spiro atoms. The molecule has 0 aromatic carbocycles. The van der Waals surface area contributed by atoms with Gasteiger partial charge in [-0.1, -0.05) is 12.1 Å². The first-order valence-corrected chi connectivity index (χ1v) is 11.6. The summed E-state index contributed by atoms with van der Waals surface area (Å²) in [7, 11) is 6.22. The van der Waals surface area contributed by atoms with E-state index >= 15 is 0 Å². The van der Waals surface area contributed by atoms with Crippen LogP contribution >= 0.6 is 18.1 Å². The summed E-state index contributed by atoms with van der Waals surface area (Å²) in [6, 6.07) is 8.48. The molecule has 0 aliphatic heterocycles. The van der Waals surface area contributed by atoms with Crippen molar-refractivity contribution in [3.63, 3.8) is 0 Å². The molecule has 2 aromatic heterocycles. The first-order chi connectivity index (χ1) is 14.7. The highest BCUT2D eigenvalue weighted by Gasteiger charge is 1.97. The molecule has 0 aliphatic carbocycles. The summed E-state index contributed by atoms with van der Waals surface area (Å²) in [5.74, 6) is 0. The second-order valence-corrected chi connectivity index (χ2v) is 7.70. The zero-order chi connectivity index (χ0) is 21.9. The average Bonchev–Trinajstić information content (AvgIpc) is 2.79. The van der Waals surface area contributed by atoms with Gasteiger partial charge in [-0.2, -0.15) is 0 Å². The van der Waals surface area contributed by atoms with Crippen molar-refractivity contribution < 1.29 is 0 Å². The highest BCUT2D eigenvalue weighted by atomic mass is 31.0. The maximum Gasteiger partial charge on any atom is 0.0433 e. The number of rotatable bonds is 14. The van der Waals surface area contributed by atoms with E-state index < -0.39 is 0 Å². The van der Waals surface area contributed by atoms with Crippen LogP contribution in [0.25, 0.3) is 0 Å². The molecule has 30 heavy (non-hydrogen) atoms. The standard InChI is InChI=1S/C11H17N3P2.C11H19N3/c15-13-7-1-3-10-5-6-11(12-9-10)4-2-8-14-16;12-7-1-3-10-5-6-11(14-9-10)4-2-8-13/h5-6,9,15-16H,1-4,7-8H2;5-6,9H,1-4,7-8,12-13H2. The van der Waals surface area contributed by atoms with Gasteiger partial charge in [-0.15, -0.1) is 0 Å². The Hall–Kier alpha value is -1.58. The van der Waals surface area contributed by atoms with Crippen LogP contribution in [0.5, 0.6) is 0 Å². The molecular weight excluding hydrogens is 410 g/mol. The number of aryl methyl sites for hydroxylation is 4. The van der Waals surface area contributed by atoms with Gasteiger partial charge in [-0.25, -0.2) is 0 Å². The minimum atomic E-state index is 0.733. The Labute approximate surface area is 185 Å². The summed E-state index contributed by atoms with van der Waals surface area (Å²) in [4.78, 5) is 8.80. The summed E-state index contributed by atoms with van der Waals surface area (Å²) >= 11 is 0. The third-order valence-corrected chi connectivity index (χ3v) is 4.96. The van der Waals surface area contributed by atoms with Gasteiger partial charge in [0.25, 0.3) is 0 Å². The van der Waals surface area contributed by atoms with Gasteiger partial charge in [0.2, 0.25) is 0 Å². The van der Waals surface area contributed by atoms with Crippen molar-refractivity contribution in [1.29, 1.82) is 0 Å². The fourth-order valence-electron chi connectivity index (χ4n) is 2.79. The lowest BCUT2D eigenvalue weighted by Gasteiger charge is -2.02. The Morgan fingerprint density at radius 1 is 0.633 bits per heavy atom. The van der Waals surface area contributed by atoms with Crippen molar-refractivity contribution in [2.75, 3.05) is 26.2 Å². The Kier molecular flexibility index (Phi) is 16.1. The van der Waals surface area contributed by atoms with Crippen LogP contribution in [0.1, 0.15) is 48.2 Å². The van der Waals surface area contributed by atoms with Gasteiger partial charge in [0.15, 0.2) is 0 Å². The normalized spacial score (nSPS) is 10.2. The summed E-state index contributed by atoms with van der Waals surface area (Å²) in [6.45, 7) is 3.17. The molecule has 0 unspecified atom stereocenters. The monoisotopic (exact) mass is 446 g/mol. The van der Waals surface area contributed by atoms with Crippen molar-refractivity contribution in [2.24, 2.45) is 21.0 Å². The van der Waals surface area contributed by atoms with E-state index in [1.165, 1.54) is 11.1 Å². The van der Waals surface area contributed by atoms with Gasteiger partial charge in [-0.05, 0) is 106 Å². The molecule has 6 nitrogen and oxygen atoms in total. The molecule has 4 N–H and O–H groups in total. The molecule has 8 heteroatoms. The topological polar surface area (TPSA) is 103 Å². The highest BCUT2D eigenvalue weighted by molar-refractivity contribution is 7.04. The summed E-state index contributed by atoms with van der Waals surface area (Å²) in [5, 5.41) is 0. The molecule has 2 heterocycles. The first kappa shape index (κ1) is 26.5. The van der Waals surface area contributed by atoms with E-state index in [1.54, 1.807) is 0 Å². The van der Waals surface area contributed by atoms with E-state index in [0.29, 0.717) is 0 Å². The molecular formula is C22H36N6P2. The third-order valence-electron chi connectivity index (χ3n) is 4.52. The SMILES string of the molecule is NCCCc1ccc(CCCN)nc1.P=NCCCc1ccc(CCCN=P)nc1. The van der Waals surface area contributed by atoms with Crippen LogP contribution in [0.15, 0.2) is 46.1 Å². The highest BCUT2D eigenvalue weighted by Crippen LogP contribution is 2.06. The Bertz CT molecular complexity index is 632. The maximum atomic E-state index is 5.44. The molecule has 2 aromatic rings. The Balaban J connectivity index is 0.000000303. The van der Waals surface area contributed by atoms with Gasteiger partial charge < -0.3 is 11.5 Å². The van der Waals surface area contributed by atoms with Crippen LogP contribution in [0, 0.1) is 0 Å². The number of aromatic nitrogens is 2. The second-order valence-electron chi connectivity index (χ2n) is 7.07. The zero-order valence-electron chi connectivity index (χ0n) is 17.9. The summed E-state index contributed by atoms with van der Waals surface area (Å²) in [6.07, 6.45) is 12.1. The molecule has 0 saturated heterocycles. The summed E-state index contributed by atoms with van der Waals surface area (Å²) in [5.41, 5.74) is 15.7. The van der Waals surface area contributed by atoms with Gasteiger partial charge >= 0.3 is 0 Å². The van der Waals surface area contributed by atoms with Crippen molar-refractivity contribution >= 4 is 18.1 Å². The van der Waals surface area contributed by atoms with E-state index in [4.69, 9.17) is 11.5 Å². The third kappa shape index (κ3) is 12.9. The lowest BCUT2D eigenvalue weighted by Crippen LogP contribution is -2.03. The van der Waals surface area contributed by atoms with Gasteiger partial charge in [0.05, 0.1) is 0 Å². The second kappa shape index (κ2) is 18.2. The number of hydrogen-bond acceptors (Lipinski definition) is 6. The molecule has 0 saturated carbocycles. The lowest BCUT2D eigenvalue weighted by molar-refractivity contribution is 0.799. The molecule has 0 radical (unpaired) electrons. The quantitative estimate of drug-likeness (QED) is 0.330. The van der Waals surface area contributed by atoms with E-state index in [-0.39, 0.29) is 0 Å². The Morgan fingerprint density at radius 2 is 1.07 bits per heavy atom. The van der Waals surface area contributed by atoms with Gasteiger partial charge in [-0.3, -0.25) is 19.5 Å². The summed E-state index contributed by atoms with van der Waals surface area (Å²) < 4.78 is 7.77. The fourth-order valence-corrected chi connectivity index (χ4v) is 3.11. The first-order valence-electron chi connectivity index (χ1n) is 10.7. The van der Waals surface area contributed by atoms with Crippen LogP contribution in [0.2, 0.25) is 0 Å². The van der Waals surface area contributed by atoms with Crippen molar-refractivity contribution in [3.05, 3.63) is 59.2 Å². The van der Waals surface area contributed by atoms with Crippen LogP contribution in [0.3, 0.4) is 0 Å². The maximum absolute atomic E-state index is 5.44. The lowest BCUT2D eigenvalue weighted by atomic mass is 10.1.